The number of phenolic OH excluding ortho intramolecular Hbond substituents is 2. The van der Waals surface area contributed by atoms with Crippen molar-refractivity contribution in [3.8, 4) is 11.5 Å². The fourth-order valence-corrected chi connectivity index (χ4v) is 5.51. The van der Waals surface area contributed by atoms with Crippen molar-refractivity contribution in [2.24, 2.45) is 23.3 Å². The van der Waals surface area contributed by atoms with E-state index in [1.807, 2.05) is 12.1 Å². The minimum absolute atomic E-state index is 0. The quantitative estimate of drug-likeness (QED) is 0.438. The summed E-state index contributed by atoms with van der Waals surface area (Å²) in [7, 11) is 0. The first-order chi connectivity index (χ1) is 13.6. The number of rotatable bonds is 4. The molecule has 2 atom stereocenters. The van der Waals surface area contributed by atoms with Gasteiger partial charge in [-0.2, -0.15) is 0 Å². The van der Waals surface area contributed by atoms with E-state index in [9.17, 15) is 10.2 Å². The molecule has 168 valence electrons. The number of halogens is 2. The standard InChI is InChI=1S/C24H34N2O2.2ClH/c25-22(15-7-3-1-4-8-15)19-12-11-17-18(24(19)28)13-14-20(27)21(17)23(26)16-9-5-2-6-10-16;;/h11-16,22-23,27-28H,1-10,25-26H2;2*1H. The smallest absolute Gasteiger partial charge is 0.128 e. The summed E-state index contributed by atoms with van der Waals surface area (Å²) in [6.07, 6.45) is 11.9. The molecule has 0 bridgehead atoms. The molecule has 2 aliphatic carbocycles. The van der Waals surface area contributed by atoms with Gasteiger partial charge >= 0.3 is 0 Å². The van der Waals surface area contributed by atoms with Gasteiger partial charge in [0.2, 0.25) is 0 Å². The molecule has 0 saturated heterocycles. The molecule has 0 radical (unpaired) electrons. The second-order valence-corrected chi connectivity index (χ2v) is 8.94. The lowest BCUT2D eigenvalue weighted by atomic mass is 9.79. The van der Waals surface area contributed by atoms with Crippen LogP contribution in [0.2, 0.25) is 0 Å². The maximum Gasteiger partial charge on any atom is 0.128 e. The van der Waals surface area contributed by atoms with Gasteiger partial charge in [0.15, 0.2) is 0 Å². The van der Waals surface area contributed by atoms with Crippen LogP contribution in [0, 0.1) is 11.8 Å². The van der Waals surface area contributed by atoms with Crippen molar-refractivity contribution < 1.29 is 10.2 Å². The lowest BCUT2D eigenvalue weighted by molar-refractivity contribution is 0.303. The van der Waals surface area contributed by atoms with Crippen LogP contribution in [-0.4, -0.2) is 10.2 Å². The van der Waals surface area contributed by atoms with Gasteiger partial charge in [-0.15, -0.1) is 24.8 Å². The van der Waals surface area contributed by atoms with Gasteiger partial charge in [-0.3, -0.25) is 0 Å². The number of benzene rings is 2. The Morgan fingerprint density at radius 2 is 1.17 bits per heavy atom. The number of nitrogens with two attached hydrogens (primary N) is 2. The third-order valence-corrected chi connectivity index (χ3v) is 7.23. The highest BCUT2D eigenvalue weighted by molar-refractivity contribution is 5.94. The predicted molar refractivity (Wildman–Crippen MR) is 129 cm³/mol. The SMILES string of the molecule is Cl.Cl.NC(c1ccc2c(C(N)C3CCCCC3)c(O)ccc2c1O)C1CCCCC1. The van der Waals surface area contributed by atoms with E-state index in [1.165, 1.54) is 38.5 Å². The molecule has 2 fully saturated rings. The molecule has 0 amide bonds. The number of phenols is 2. The number of aromatic hydroxyl groups is 2. The molecule has 30 heavy (non-hydrogen) atoms. The summed E-state index contributed by atoms with van der Waals surface area (Å²) < 4.78 is 0. The topological polar surface area (TPSA) is 92.5 Å². The Morgan fingerprint density at radius 1 is 0.667 bits per heavy atom. The summed E-state index contributed by atoms with van der Waals surface area (Å²) in [6.45, 7) is 0. The summed E-state index contributed by atoms with van der Waals surface area (Å²) in [5.41, 5.74) is 14.8. The van der Waals surface area contributed by atoms with E-state index in [1.54, 1.807) is 12.1 Å². The number of hydrogen-bond donors (Lipinski definition) is 4. The summed E-state index contributed by atoms with van der Waals surface area (Å²) in [5, 5.41) is 23.3. The largest absolute Gasteiger partial charge is 0.508 e. The summed E-state index contributed by atoms with van der Waals surface area (Å²) in [4.78, 5) is 0. The Morgan fingerprint density at radius 3 is 1.73 bits per heavy atom. The van der Waals surface area contributed by atoms with Gasteiger partial charge < -0.3 is 21.7 Å². The van der Waals surface area contributed by atoms with Crippen LogP contribution in [0.25, 0.3) is 10.8 Å². The molecule has 0 aromatic heterocycles. The van der Waals surface area contributed by atoms with Crippen LogP contribution in [0.3, 0.4) is 0 Å². The average Bonchev–Trinajstić information content (AvgIpc) is 2.74. The van der Waals surface area contributed by atoms with Crippen LogP contribution < -0.4 is 11.5 Å². The summed E-state index contributed by atoms with van der Waals surface area (Å²) >= 11 is 0. The van der Waals surface area contributed by atoms with Crippen LogP contribution in [0.4, 0.5) is 0 Å². The molecule has 2 aromatic rings. The van der Waals surface area contributed by atoms with Gasteiger partial charge in [-0.25, -0.2) is 0 Å². The second kappa shape index (κ2) is 10.9. The molecule has 6 N–H and O–H groups in total. The van der Waals surface area contributed by atoms with Crippen LogP contribution in [0.1, 0.15) is 87.4 Å². The maximum absolute atomic E-state index is 11.1. The van der Waals surface area contributed by atoms with Crippen molar-refractivity contribution >= 4 is 35.6 Å². The minimum atomic E-state index is -0.207. The van der Waals surface area contributed by atoms with Crippen LogP contribution in [-0.2, 0) is 0 Å². The molecule has 0 aliphatic heterocycles. The fraction of sp³-hybridized carbons (Fsp3) is 0.583. The Hall–Kier alpha value is -1.20. The molecular weight excluding hydrogens is 419 g/mol. The summed E-state index contributed by atoms with van der Waals surface area (Å²) in [5.74, 6) is 1.30. The van der Waals surface area contributed by atoms with Crippen LogP contribution in [0.15, 0.2) is 24.3 Å². The van der Waals surface area contributed by atoms with Crippen LogP contribution in [0.5, 0.6) is 11.5 Å². The third-order valence-electron chi connectivity index (χ3n) is 7.23. The molecule has 2 saturated carbocycles. The zero-order valence-corrected chi connectivity index (χ0v) is 19.2. The minimum Gasteiger partial charge on any atom is -0.508 e. The van der Waals surface area contributed by atoms with Crippen molar-refractivity contribution in [2.45, 2.75) is 76.3 Å². The fourth-order valence-electron chi connectivity index (χ4n) is 5.51. The van der Waals surface area contributed by atoms with E-state index in [0.717, 1.165) is 47.6 Å². The Kier molecular flexibility index (Phi) is 9.11. The number of hydrogen-bond acceptors (Lipinski definition) is 4. The predicted octanol–water partition coefficient (Wildman–Crippen LogP) is 6.25. The number of fused-ring (bicyclic) bond motifs is 1. The summed E-state index contributed by atoms with van der Waals surface area (Å²) in [6, 6.07) is 7.08. The molecule has 2 aliphatic rings. The average molecular weight is 455 g/mol. The maximum atomic E-state index is 11.1. The highest BCUT2D eigenvalue weighted by Crippen LogP contribution is 2.44. The molecule has 4 rings (SSSR count). The van der Waals surface area contributed by atoms with E-state index in [4.69, 9.17) is 11.5 Å². The Balaban J connectivity index is 0.00000160. The van der Waals surface area contributed by atoms with Gasteiger partial charge in [-0.1, -0.05) is 50.7 Å². The van der Waals surface area contributed by atoms with E-state index in [0.29, 0.717) is 11.8 Å². The van der Waals surface area contributed by atoms with Crippen molar-refractivity contribution in [3.63, 3.8) is 0 Å². The van der Waals surface area contributed by atoms with Crippen molar-refractivity contribution in [1.82, 2.24) is 0 Å². The molecule has 0 heterocycles. The lowest BCUT2D eigenvalue weighted by Gasteiger charge is -2.30. The second-order valence-electron chi connectivity index (χ2n) is 8.94. The molecule has 2 unspecified atom stereocenters. The van der Waals surface area contributed by atoms with Gasteiger partial charge in [-0.05, 0) is 55.0 Å². The monoisotopic (exact) mass is 454 g/mol. The zero-order valence-electron chi connectivity index (χ0n) is 17.6. The first kappa shape index (κ1) is 25.1. The first-order valence-electron chi connectivity index (χ1n) is 11.1. The molecule has 6 heteroatoms. The van der Waals surface area contributed by atoms with Crippen LogP contribution >= 0.6 is 24.8 Å². The third kappa shape index (κ3) is 4.83. The Labute approximate surface area is 192 Å². The lowest BCUT2D eigenvalue weighted by Crippen LogP contribution is -2.24. The van der Waals surface area contributed by atoms with Crippen molar-refractivity contribution in [1.29, 1.82) is 0 Å². The van der Waals surface area contributed by atoms with Crippen molar-refractivity contribution in [2.75, 3.05) is 0 Å². The highest BCUT2D eigenvalue weighted by Gasteiger charge is 2.28. The van der Waals surface area contributed by atoms with Gasteiger partial charge in [0.1, 0.15) is 11.5 Å². The highest BCUT2D eigenvalue weighted by atomic mass is 35.5. The van der Waals surface area contributed by atoms with Gasteiger partial charge in [0.25, 0.3) is 0 Å². The van der Waals surface area contributed by atoms with E-state index in [-0.39, 0.29) is 48.4 Å². The van der Waals surface area contributed by atoms with E-state index >= 15 is 0 Å². The normalized spacial score (nSPS) is 20.2. The van der Waals surface area contributed by atoms with Gasteiger partial charge in [0.05, 0.1) is 0 Å². The zero-order chi connectivity index (χ0) is 19.7. The van der Waals surface area contributed by atoms with Gasteiger partial charge in [0, 0.05) is 28.6 Å². The van der Waals surface area contributed by atoms with E-state index in [2.05, 4.69) is 0 Å². The van der Waals surface area contributed by atoms with Crippen molar-refractivity contribution in [3.05, 3.63) is 35.4 Å². The molecule has 0 spiro atoms. The molecular formula is C24H36Cl2N2O2. The Bertz CT molecular complexity index is 834. The molecule has 4 nitrogen and oxygen atoms in total. The first-order valence-corrected chi connectivity index (χ1v) is 11.1. The van der Waals surface area contributed by atoms with E-state index < -0.39 is 0 Å². The molecule has 2 aromatic carbocycles.